The largest absolute Gasteiger partial charge is 0.357 e. The molecule has 0 unspecified atom stereocenters. The van der Waals surface area contributed by atoms with Crippen LogP contribution < -0.4 is 4.90 Å². The summed E-state index contributed by atoms with van der Waals surface area (Å²) in [4.78, 5) is 13.6. The van der Waals surface area contributed by atoms with Gasteiger partial charge in [-0.3, -0.25) is 4.90 Å². The number of nitrogens with zero attached hydrogens (tertiary/aromatic N) is 5. The SMILES string of the molecule is CCN(CC)c1ccc(-c2noc(CN3CCC4(CC3)OCCO4)n2)cn1. The molecule has 4 heterocycles. The number of hydrogen-bond acceptors (Lipinski definition) is 8. The zero-order valence-electron chi connectivity index (χ0n) is 16.1. The molecule has 4 rings (SSSR count). The molecule has 0 saturated carbocycles. The molecular formula is C19H27N5O3. The van der Waals surface area contributed by atoms with Crippen LogP contribution in [0.2, 0.25) is 0 Å². The summed E-state index contributed by atoms with van der Waals surface area (Å²) >= 11 is 0. The van der Waals surface area contributed by atoms with Crippen LogP contribution in [0.3, 0.4) is 0 Å². The van der Waals surface area contributed by atoms with E-state index < -0.39 is 0 Å². The summed E-state index contributed by atoms with van der Waals surface area (Å²) < 4.78 is 17.0. The van der Waals surface area contributed by atoms with Gasteiger partial charge in [0.1, 0.15) is 5.82 Å². The molecule has 0 bridgehead atoms. The van der Waals surface area contributed by atoms with E-state index in [1.807, 2.05) is 18.3 Å². The molecule has 2 aliphatic heterocycles. The highest BCUT2D eigenvalue weighted by atomic mass is 16.7. The van der Waals surface area contributed by atoms with Crippen molar-refractivity contribution < 1.29 is 14.0 Å². The van der Waals surface area contributed by atoms with Gasteiger partial charge in [-0.15, -0.1) is 0 Å². The Hall–Kier alpha value is -2.03. The Morgan fingerprint density at radius 3 is 2.48 bits per heavy atom. The third-order valence-corrected chi connectivity index (χ3v) is 5.35. The van der Waals surface area contributed by atoms with Crippen LogP contribution in [0.4, 0.5) is 5.82 Å². The summed E-state index contributed by atoms with van der Waals surface area (Å²) in [5, 5.41) is 4.12. The first kappa shape index (κ1) is 18.3. The van der Waals surface area contributed by atoms with E-state index in [0.717, 1.165) is 50.4 Å². The molecule has 0 aromatic carbocycles. The molecule has 0 N–H and O–H groups in total. The van der Waals surface area contributed by atoms with Crippen LogP contribution in [0.25, 0.3) is 11.4 Å². The first-order valence-electron chi connectivity index (χ1n) is 9.75. The maximum Gasteiger partial charge on any atom is 0.241 e. The van der Waals surface area contributed by atoms with E-state index in [-0.39, 0.29) is 5.79 Å². The minimum absolute atomic E-state index is 0.352. The summed E-state index contributed by atoms with van der Waals surface area (Å²) in [6.45, 7) is 9.96. The van der Waals surface area contributed by atoms with E-state index >= 15 is 0 Å². The van der Waals surface area contributed by atoms with Gasteiger partial charge >= 0.3 is 0 Å². The second-order valence-corrected chi connectivity index (χ2v) is 6.97. The third-order valence-electron chi connectivity index (χ3n) is 5.35. The molecule has 27 heavy (non-hydrogen) atoms. The Bertz CT molecular complexity index is 728. The van der Waals surface area contributed by atoms with Gasteiger partial charge in [-0.05, 0) is 26.0 Å². The molecule has 8 heteroatoms. The summed E-state index contributed by atoms with van der Waals surface area (Å²) in [5.74, 6) is 1.82. The Labute approximate surface area is 159 Å². The maximum absolute atomic E-state index is 5.77. The topological polar surface area (TPSA) is 76.8 Å². The van der Waals surface area contributed by atoms with Crippen LogP contribution in [-0.2, 0) is 16.0 Å². The van der Waals surface area contributed by atoms with Crippen molar-refractivity contribution in [1.29, 1.82) is 0 Å². The van der Waals surface area contributed by atoms with E-state index in [0.29, 0.717) is 31.5 Å². The highest BCUT2D eigenvalue weighted by Gasteiger charge is 2.39. The lowest BCUT2D eigenvalue weighted by molar-refractivity contribution is -0.186. The van der Waals surface area contributed by atoms with Gasteiger partial charge in [0.25, 0.3) is 0 Å². The van der Waals surface area contributed by atoms with Gasteiger partial charge in [-0.1, -0.05) is 5.16 Å². The van der Waals surface area contributed by atoms with E-state index in [1.54, 1.807) is 0 Å². The fourth-order valence-corrected chi connectivity index (χ4v) is 3.72. The number of rotatable bonds is 6. The zero-order chi connectivity index (χ0) is 18.7. The van der Waals surface area contributed by atoms with Crippen molar-refractivity contribution in [3.05, 3.63) is 24.2 Å². The quantitative estimate of drug-likeness (QED) is 0.763. The van der Waals surface area contributed by atoms with Crippen molar-refractivity contribution in [3.63, 3.8) is 0 Å². The standard InChI is InChI=1S/C19H27N5O3/c1-3-24(4-2)16-6-5-15(13-20-16)18-21-17(27-22-18)14-23-9-7-19(8-10-23)25-11-12-26-19/h5-6,13H,3-4,7-12,14H2,1-2H3. The molecule has 8 nitrogen and oxygen atoms in total. The van der Waals surface area contributed by atoms with Gasteiger partial charge in [0.15, 0.2) is 5.79 Å². The smallest absolute Gasteiger partial charge is 0.241 e. The second kappa shape index (κ2) is 7.92. The Morgan fingerprint density at radius 2 is 1.85 bits per heavy atom. The first-order valence-corrected chi connectivity index (χ1v) is 9.75. The van der Waals surface area contributed by atoms with Gasteiger partial charge in [-0.25, -0.2) is 4.98 Å². The number of ether oxygens (including phenoxy) is 2. The van der Waals surface area contributed by atoms with E-state index in [4.69, 9.17) is 14.0 Å². The van der Waals surface area contributed by atoms with Gasteiger partial charge < -0.3 is 18.9 Å². The average molecular weight is 373 g/mol. The van der Waals surface area contributed by atoms with Crippen LogP contribution in [0.1, 0.15) is 32.6 Å². The van der Waals surface area contributed by atoms with Crippen LogP contribution in [0, 0.1) is 0 Å². The lowest BCUT2D eigenvalue weighted by Gasteiger charge is -2.36. The number of anilines is 1. The normalized spacial score (nSPS) is 19.6. The van der Waals surface area contributed by atoms with Crippen molar-refractivity contribution in [2.75, 3.05) is 44.3 Å². The maximum atomic E-state index is 5.77. The van der Waals surface area contributed by atoms with Gasteiger partial charge in [0, 0.05) is 50.8 Å². The molecule has 0 atom stereocenters. The monoisotopic (exact) mass is 373 g/mol. The molecule has 0 aliphatic carbocycles. The number of likely N-dealkylation sites (tertiary alicyclic amines) is 1. The van der Waals surface area contributed by atoms with Crippen LogP contribution in [-0.4, -0.2) is 65.2 Å². The van der Waals surface area contributed by atoms with Crippen molar-refractivity contribution in [2.24, 2.45) is 0 Å². The van der Waals surface area contributed by atoms with Crippen molar-refractivity contribution in [1.82, 2.24) is 20.0 Å². The Kier molecular flexibility index (Phi) is 5.38. The molecule has 0 amide bonds. The molecule has 2 saturated heterocycles. The molecule has 0 radical (unpaired) electrons. The fraction of sp³-hybridized carbons (Fsp3) is 0.632. The van der Waals surface area contributed by atoms with Gasteiger partial charge in [-0.2, -0.15) is 4.98 Å². The summed E-state index contributed by atoms with van der Waals surface area (Å²) in [7, 11) is 0. The van der Waals surface area contributed by atoms with Gasteiger partial charge in [0.05, 0.1) is 19.8 Å². The van der Waals surface area contributed by atoms with Crippen LogP contribution in [0.5, 0.6) is 0 Å². The van der Waals surface area contributed by atoms with E-state index in [9.17, 15) is 0 Å². The molecule has 2 fully saturated rings. The number of pyridine rings is 1. The molecular weight excluding hydrogens is 346 g/mol. The number of aromatic nitrogens is 3. The Balaban J connectivity index is 1.36. The second-order valence-electron chi connectivity index (χ2n) is 6.97. The minimum Gasteiger partial charge on any atom is -0.357 e. The molecule has 146 valence electrons. The summed E-state index contributed by atoms with van der Waals surface area (Å²) in [6.07, 6.45) is 3.57. The number of piperidine rings is 1. The van der Waals surface area contributed by atoms with Crippen LogP contribution >= 0.6 is 0 Å². The first-order chi connectivity index (χ1) is 13.2. The van der Waals surface area contributed by atoms with E-state index in [2.05, 4.69) is 38.8 Å². The molecule has 2 aromatic rings. The minimum atomic E-state index is -0.352. The predicted octanol–water partition coefficient (Wildman–Crippen LogP) is 2.32. The molecule has 2 aromatic heterocycles. The predicted molar refractivity (Wildman–Crippen MR) is 100 cm³/mol. The zero-order valence-corrected chi connectivity index (χ0v) is 16.1. The van der Waals surface area contributed by atoms with Crippen molar-refractivity contribution in [2.45, 2.75) is 39.0 Å². The van der Waals surface area contributed by atoms with Gasteiger partial charge in [0.2, 0.25) is 11.7 Å². The summed E-state index contributed by atoms with van der Waals surface area (Å²) in [6, 6.07) is 4.00. The molecule has 1 spiro atoms. The fourth-order valence-electron chi connectivity index (χ4n) is 3.72. The van der Waals surface area contributed by atoms with E-state index in [1.165, 1.54) is 0 Å². The van der Waals surface area contributed by atoms with Crippen molar-refractivity contribution in [3.8, 4) is 11.4 Å². The third kappa shape index (κ3) is 3.97. The summed E-state index contributed by atoms with van der Waals surface area (Å²) in [5.41, 5.74) is 0.867. The van der Waals surface area contributed by atoms with Crippen LogP contribution in [0.15, 0.2) is 22.9 Å². The average Bonchev–Trinajstić information content (AvgIpc) is 3.35. The lowest BCUT2D eigenvalue weighted by Crippen LogP contribution is -2.44. The lowest BCUT2D eigenvalue weighted by atomic mass is 10.0. The highest BCUT2D eigenvalue weighted by Crippen LogP contribution is 2.31. The van der Waals surface area contributed by atoms with Crippen molar-refractivity contribution >= 4 is 5.82 Å². The Morgan fingerprint density at radius 1 is 1.11 bits per heavy atom. The highest BCUT2D eigenvalue weighted by molar-refractivity contribution is 5.55. The number of hydrogen-bond donors (Lipinski definition) is 0. The molecule has 2 aliphatic rings.